The molecule has 0 bridgehead atoms. The zero-order chi connectivity index (χ0) is 20.7. The van der Waals surface area contributed by atoms with Gasteiger partial charge in [-0.1, -0.05) is 12.1 Å². The number of hydrogen-bond donors (Lipinski definition) is 0. The molecule has 1 unspecified atom stereocenters. The quantitative estimate of drug-likeness (QED) is 0.500. The Labute approximate surface area is 173 Å². The molecule has 1 aromatic carbocycles. The molecular weight excluding hydrogens is 382 g/mol. The monoisotopic (exact) mass is 403 g/mol. The predicted molar refractivity (Wildman–Crippen MR) is 110 cm³/mol. The van der Waals surface area contributed by atoms with Gasteiger partial charge in [-0.05, 0) is 29.8 Å². The first kappa shape index (κ1) is 18.6. The molecule has 0 aliphatic heterocycles. The third-order valence-electron chi connectivity index (χ3n) is 5.54. The number of carbonyl (C=O) groups is 1. The molecule has 152 valence electrons. The van der Waals surface area contributed by atoms with Crippen LogP contribution in [0.3, 0.4) is 0 Å². The maximum Gasteiger partial charge on any atom is 0.167 e. The average molecular weight is 403 g/mol. The Morgan fingerprint density at radius 3 is 2.70 bits per heavy atom. The van der Waals surface area contributed by atoms with Crippen molar-refractivity contribution in [3.63, 3.8) is 0 Å². The molecule has 0 fully saturated rings. The molecule has 0 saturated carbocycles. The molecule has 1 atom stereocenters. The van der Waals surface area contributed by atoms with Gasteiger partial charge in [-0.15, -0.1) is 0 Å². The summed E-state index contributed by atoms with van der Waals surface area (Å²) in [5.41, 5.74) is 4.74. The van der Waals surface area contributed by atoms with Crippen molar-refractivity contribution < 1.29 is 18.7 Å². The van der Waals surface area contributed by atoms with Crippen LogP contribution in [0.5, 0.6) is 5.75 Å². The van der Waals surface area contributed by atoms with E-state index >= 15 is 0 Å². The second kappa shape index (κ2) is 7.42. The van der Waals surface area contributed by atoms with Gasteiger partial charge in [0.15, 0.2) is 11.4 Å². The summed E-state index contributed by atoms with van der Waals surface area (Å²) in [6.45, 7) is 0.346. The Morgan fingerprint density at radius 1 is 1.17 bits per heavy atom. The molecule has 0 radical (unpaired) electrons. The minimum absolute atomic E-state index is 0.000698. The number of ether oxygens (including phenoxy) is 2. The molecule has 7 heteroatoms. The van der Waals surface area contributed by atoms with E-state index < -0.39 is 0 Å². The van der Waals surface area contributed by atoms with Gasteiger partial charge < -0.3 is 13.9 Å². The number of ketones is 1. The fraction of sp³-hybridized carbons (Fsp3) is 0.261. The number of hydrogen-bond acceptors (Lipinski definition) is 6. The highest BCUT2D eigenvalue weighted by Gasteiger charge is 2.30. The van der Waals surface area contributed by atoms with Gasteiger partial charge in [0.2, 0.25) is 0 Å². The summed E-state index contributed by atoms with van der Waals surface area (Å²) in [5.74, 6) is 1.66. The molecule has 3 heterocycles. The second-order valence-corrected chi connectivity index (χ2v) is 7.40. The fourth-order valence-electron chi connectivity index (χ4n) is 4.10. The minimum atomic E-state index is 0.000698. The summed E-state index contributed by atoms with van der Waals surface area (Å²) in [5, 5.41) is 4.66. The molecule has 0 saturated heterocycles. The number of carbonyl (C=O) groups excluding carboxylic acids is 1. The fourth-order valence-corrected chi connectivity index (χ4v) is 4.10. The maximum atomic E-state index is 12.8. The highest BCUT2D eigenvalue weighted by Crippen LogP contribution is 2.35. The summed E-state index contributed by atoms with van der Waals surface area (Å²) in [6, 6.07) is 11.5. The zero-order valence-electron chi connectivity index (χ0n) is 16.8. The molecule has 0 amide bonds. The van der Waals surface area contributed by atoms with Crippen LogP contribution < -0.4 is 4.74 Å². The molecule has 5 rings (SSSR count). The molecule has 30 heavy (non-hydrogen) atoms. The van der Waals surface area contributed by atoms with E-state index in [9.17, 15) is 4.79 Å². The van der Waals surface area contributed by atoms with Crippen molar-refractivity contribution in [2.75, 3.05) is 14.2 Å². The second-order valence-electron chi connectivity index (χ2n) is 7.40. The molecule has 1 aliphatic carbocycles. The lowest BCUT2D eigenvalue weighted by Gasteiger charge is -2.21. The highest BCUT2D eigenvalue weighted by molar-refractivity contribution is 5.99. The van der Waals surface area contributed by atoms with E-state index in [1.165, 1.54) is 0 Å². The summed E-state index contributed by atoms with van der Waals surface area (Å²) in [6.07, 6.45) is 4.50. The molecule has 7 nitrogen and oxygen atoms in total. The first-order valence-corrected chi connectivity index (χ1v) is 9.79. The Balaban J connectivity index is 1.65. The lowest BCUT2D eigenvalue weighted by molar-refractivity contribution is 0.0958. The number of furan rings is 1. The van der Waals surface area contributed by atoms with Crippen LogP contribution in [0, 0.1) is 0 Å². The van der Waals surface area contributed by atoms with E-state index in [1.807, 2.05) is 36.4 Å². The largest absolute Gasteiger partial charge is 0.497 e. The third kappa shape index (κ3) is 3.07. The summed E-state index contributed by atoms with van der Waals surface area (Å²) in [4.78, 5) is 17.7. The van der Waals surface area contributed by atoms with Gasteiger partial charge >= 0.3 is 0 Å². The van der Waals surface area contributed by atoms with Gasteiger partial charge in [-0.3, -0.25) is 4.79 Å². The molecule has 1 aliphatic rings. The molecular formula is C23H21N3O4. The van der Waals surface area contributed by atoms with Crippen molar-refractivity contribution in [2.24, 2.45) is 0 Å². The lowest BCUT2D eigenvalue weighted by atomic mass is 9.85. The zero-order valence-corrected chi connectivity index (χ0v) is 16.8. The van der Waals surface area contributed by atoms with Crippen molar-refractivity contribution in [2.45, 2.75) is 25.4 Å². The highest BCUT2D eigenvalue weighted by atomic mass is 16.5. The van der Waals surface area contributed by atoms with Crippen molar-refractivity contribution in [3.05, 3.63) is 71.6 Å². The lowest BCUT2D eigenvalue weighted by Crippen LogP contribution is -2.21. The van der Waals surface area contributed by atoms with Crippen LogP contribution in [-0.2, 0) is 17.8 Å². The van der Waals surface area contributed by atoms with Gasteiger partial charge in [0.1, 0.15) is 11.5 Å². The van der Waals surface area contributed by atoms with Crippen molar-refractivity contribution >= 4 is 11.4 Å². The van der Waals surface area contributed by atoms with Crippen LogP contribution in [0.25, 0.3) is 16.8 Å². The minimum Gasteiger partial charge on any atom is -0.497 e. The number of methoxy groups -OCH3 is 2. The topological polar surface area (TPSA) is 78.9 Å². The van der Waals surface area contributed by atoms with E-state index in [-0.39, 0.29) is 11.7 Å². The van der Waals surface area contributed by atoms with Gasteiger partial charge in [0, 0.05) is 32.1 Å². The van der Waals surface area contributed by atoms with Crippen LogP contribution in [0.2, 0.25) is 0 Å². The maximum absolute atomic E-state index is 12.8. The average Bonchev–Trinajstić information content (AvgIpc) is 3.41. The number of fused-ring (bicyclic) bond motifs is 2. The standard InChI is InChI=1S/C23H21N3O4/c1-28-13-19-22(14-5-7-16(29-2)8-6-14)23-24-18-10-15(21-4-3-9-30-21)11-20(27)17(18)12-26(23)25-19/h3-9,12,15H,10-11,13H2,1-2H3. The molecule has 0 spiro atoms. The number of aromatic nitrogens is 3. The van der Waals surface area contributed by atoms with Crippen LogP contribution >= 0.6 is 0 Å². The normalized spacial score (nSPS) is 16.1. The van der Waals surface area contributed by atoms with Crippen LogP contribution in [-0.4, -0.2) is 34.6 Å². The SMILES string of the molecule is COCc1nn2cc3c(nc2c1-c1ccc(OC)cc1)CC(c1ccco1)CC3=O. The van der Waals surface area contributed by atoms with Crippen molar-refractivity contribution in [1.29, 1.82) is 0 Å². The van der Waals surface area contributed by atoms with E-state index in [4.69, 9.17) is 18.9 Å². The third-order valence-corrected chi connectivity index (χ3v) is 5.54. The summed E-state index contributed by atoms with van der Waals surface area (Å²) in [7, 11) is 3.28. The first-order chi connectivity index (χ1) is 14.7. The Bertz CT molecular complexity index is 1210. The van der Waals surface area contributed by atoms with Crippen molar-refractivity contribution in [1.82, 2.24) is 14.6 Å². The first-order valence-electron chi connectivity index (χ1n) is 9.79. The van der Waals surface area contributed by atoms with E-state index in [2.05, 4.69) is 5.10 Å². The number of nitrogens with zero attached hydrogens (tertiary/aromatic N) is 3. The van der Waals surface area contributed by atoms with Gasteiger partial charge in [0.05, 0.1) is 42.5 Å². The predicted octanol–water partition coefficient (Wildman–Crippen LogP) is 4.06. The van der Waals surface area contributed by atoms with Gasteiger partial charge in [0.25, 0.3) is 0 Å². The summed E-state index contributed by atoms with van der Waals surface area (Å²) < 4.78 is 17.9. The van der Waals surface area contributed by atoms with Crippen LogP contribution in [0.1, 0.15) is 39.8 Å². The smallest absolute Gasteiger partial charge is 0.167 e. The molecule has 0 N–H and O–H groups in total. The summed E-state index contributed by atoms with van der Waals surface area (Å²) >= 11 is 0. The number of benzene rings is 1. The Kier molecular flexibility index (Phi) is 4.59. The van der Waals surface area contributed by atoms with E-state index in [0.717, 1.165) is 34.0 Å². The number of Topliss-reactive ketones (excluding diaryl/α,β-unsaturated/α-hetero) is 1. The van der Waals surface area contributed by atoms with E-state index in [1.54, 1.807) is 31.2 Å². The van der Waals surface area contributed by atoms with Crippen LogP contribution in [0.4, 0.5) is 0 Å². The molecule has 4 aromatic rings. The molecule has 3 aromatic heterocycles. The number of rotatable bonds is 5. The van der Waals surface area contributed by atoms with Gasteiger partial charge in [-0.2, -0.15) is 5.10 Å². The van der Waals surface area contributed by atoms with E-state index in [0.29, 0.717) is 30.7 Å². The Morgan fingerprint density at radius 2 is 2.00 bits per heavy atom. The van der Waals surface area contributed by atoms with Crippen LogP contribution in [0.15, 0.2) is 53.3 Å². The van der Waals surface area contributed by atoms with Gasteiger partial charge in [-0.25, -0.2) is 9.50 Å². The Hall–Kier alpha value is -3.45. The van der Waals surface area contributed by atoms with Crippen molar-refractivity contribution in [3.8, 4) is 16.9 Å².